The summed E-state index contributed by atoms with van der Waals surface area (Å²) in [6, 6.07) is 3.41. The van der Waals surface area contributed by atoms with Gasteiger partial charge in [-0.25, -0.2) is 9.97 Å². The maximum absolute atomic E-state index is 10.7. The van der Waals surface area contributed by atoms with Crippen molar-refractivity contribution in [2.24, 2.45) is 0 Å². The fourth-order valence-corrected chi connectivity index (χ4v) is 3.24. The van der Waals surface area contributed by atoms with Crippen molar-refractivity contribution in [2.75, 3.05) is 6.54 Å². The fourth-order valence-electron chi connectivity index (χ4n) is 2.38. The zero-order valence-electron chi connectivity index (χ0n) is 11.1. The van der Waals surface area contributed by atoms with E-state index in [0.29, 0.717) is 0 Å². The van der Waals surface area contributed by atoms with Crippen LogP contribution >= 0.6 is 11.3 Å². The second kappa shape index (κ2) is 5.26. The quantitative estimate of drug-likeness (QED) is 0.640. The highest BCUT2D eigenvalue weighted by Crippen LogP contribution is 2.26. The van der Waals surface area contributed by atoms with Crippen LogP contribution in [0, 0.1) is 17.0 Å². The maximum Gasteiger partial charge on any atom is 0.324 e. The van der Waals surface area contributed by atoms with Crippen molar-refractivity contribution in [3.8, 4) is 0 Å². The zero-order chi connectivity index (χ0) is 14.1. The number of aryl methyl sites for hydroxylation is 1. The predicted octanol–water partition coefficient (Wildman–Crippen LogP) is 2.31. The first kappa shape index (κ1) is 13.1. The van der Waals surface area contributed by atoms with Gasteiger partial charge < -0.3 is 0 Å². The predicted molar refractivity (Wildman–Crippen MR) is 75.6 cm³/mol. The molecule has 0 saturated carbocycles. The first-order valence-corrected chi connectivity index (χ1v) is 7.20. The Kier molecular flexibility index (Phi) is 3.45. The van der Waals surface area contributed by atoms with Gasteiger partial charge in [-0.15, -0.1) is 0 Å². The molecule has 0 N–H and O–H groups in total. The van der Waals surface area contributed by atoms with Crippen LogP contribution in [0.25, 0.3) is 0 Å². The van der Waals surface area contributed by atoms with E-state index < -0.39 is 0 Å². The lowest BCUT2D eigenvalue weighted by atomic mass is 10.1. The van der Waals surface area contributed by atoms with Crippen molar-refractivity contribution in [1.29, 1.82) is 0 Å². The standard InChI is InChI=1S/C13H14N4O2S/c1-9-14-6-10-7-16(5-4-12(10)15-9)8-11-2-3-13(20-11)17(18)19/h2-3,6H,4-5,7-8H2,1H3. The summed E-state index contributed by atoms with van der Waals surface area (Å²) in [4.78, 5) is 22.3. The highest BCUT2D eigenvalue weighted by atomic mass is 32.1. The van der Waals surface area contributed by atoms with E-state index in [1.165, 1.54) is 11.3 Å². The molecule has 0 radical (unpaired) electrons. The van der Waals surface area contributed by atoms with E-state index in [0.717, 1.165) is 48.0 Å². The lowest BCUT2D eigenvalue weighted by Crippen LogP contribution is -2.30. The molecule has 0 spiro atoms. The molecule has 3 heterocycles. The molecule has 0 unspecified atom stereocenters. The van der Waals surface area contributed by atoms with Crippen molar-refractivity contribution in [2.45, 2.75) is 26.4 Å². The lowest BCUT2D eigenvalue weighted by molar-refractivity contribution is -0.380. The van der Waals surface area contributed by atoms with Gasteiger partial charge in [-0.2, -0.15) is 0 Å². The molecule has 0 fully saturated rings. The van der Waals surface area contributed by atoms with Gasteiger partial charge in [0.25, 0.3) is 0 Å². The van der Waals surface area contributed by atoms with Gasteiger partial charge in [-0.3, -0.25) is 15.0 Å². The minimum absolute atomic E-state index is 0.205. The Hall–Kier alpha value is -1.86. The normalized spacial score (nSPS) is 15.1. The second-order valence-electron chi connectivity index (χ2n) is 4.85. The van der Waals surface area contributed by atoms with E-state index >= 15 is 0 Å². The molecule has 104 valence electrons. The molecule has 0 bridgehead atoms. The summed E-state index contributed by atoms with van der Waals surface area (Å²) in [5.41, 5.74) is 2.29. The Morgan fingerprint density at radius 1 is 1.50 bits per heavy atom. The van der Waals surface area contributed by atoms with E-state index in [1.54, 1.807) is 6.07 Å². The minimum atomic E-state index is -0.337. The van der Waals surface area contributed by atoms with Crippen LogP contribution in [-0.2, 0) is 19.5 Å². The molecule has 0 aromatic carbocycles. The Labute approximate surface area is 120 Å². The fraction of sp³-hybridized carbons (Fsp3) is 0.385. The molecule has 6 nitrogen and oxygen atoms in total. The summed E-state index contributed by atoms with van der Waals surface area (Å²) >= 11 is 1.25. The average Bonchev–Trinajstić information content (AvgIpc) is 2.88. The van der Waals surface area contributed by atoms with E-state index in [2.05, 4.69) is 14.9 Å². The molecule has 20 heavy (non-hydrogen) atoms. The Morgan fingerprint density at radius 3 is 3.10 bits per heavy atom. The smallest absolute Gasteiger partial charge is 0.293 e. The molecule has 0 aliphatic carbocycles. The number of aromatic nitrogens is 2. The monoisotopic (exact) mass is 290 g/mol. The Morgan fingerprint density at radius 2 is 2.35 bits per heavy atom. The first-order valence-electron chi connectivity index (χ1n) is 6.38. The van der Waals surface area contributed by atoms with Crippen molar-refractivity contribution < 1.29 is 4.92 Å². The Bertz CT molecular complexity index is 656. The van der Waals surface area contributed by atoms with Crippen LogP contribution < -0.4 is 0 Å². The van der Waals surface area contributed by atoms with Crippen molar-refractivity contribution >= 4 is 16.3 Å². The van der Waals surface area contributed by atoms with Gasteiger partial charge in [0, 0.05) is 54.5 Å². The summed E-state index contributed by atoms with van der Waals surface area (Å²) in [7, 11) is 0. The number of rotatable bonds is 3. The third-order valence-electron chi connectivity index (χ3n) is 3.34. The summed E-state index contributed by atoms with van der Waals surface area (Å²) in [6.45, 7) is 4.37. The molecule has 0 atom stereocenters. The highest BCUT2D eigenvalue weighted by molar-refractivity contribution is 7.15. The summed E-state index contributed by atoms with van der Waals surface area (Å²) in [5, 5.41) is 10.9. The molecular weight excluding hydrogens is 276 g/mol. The summed E-state index contributed by atoms with van der Waals surface area (Å²) in [6.07, 6.45) is 2.80. The van der Waals surface area contributed by atoms with E-state index in [9.17, 15) is 10.1 Å². The highest BCUT2D eigenvalue weighted by Gasteiger charge is 2.19. The first-order chi connectivity index (χ1) is 9.61. The van der Waals surface area contributed by atoms with Crippen molar-refractivity contribution in [3.63, 3.8) is 0 Å². The van der Waals surface area contributed by atoms with Gasteiger partial charge in [0.1, 0.15) is 5.82 Å². The number of fused-ring (bicyclic) bond motifs is 1. The summed E-state index contributed by atoms with van der Waals surface area (Å²) in [5.74, 6) is 0.811. The molecule has 1 aliphatic rings. The number of thiophene rings is 1. The largest absolute Gasteiger partial charge is 0.324 e. The maximum atomic E-state index is 10.7. The molecule has 0 saturated heterocycles. The van der Waals surface area contributed by atoms with Gasteiger partial charge in [0.15, 0.2) is 0 Å². The van der Waals surface area contributed by atoms with Crippen LogP contribution in [0.5, 0.6) is 0 Å². The van der Waals surface area contributed by atoms with Crippen LogP contribution in [0.15, 0.2) is 18.3 Å². The third-order valence-corrected chi connectivity index (χ3v) is 4.36. The average molecular weight is 290 g/mol. The topological polar surface area (TPSA) is 72.2 Å². The SMILES string of the molecule is Cc1ncc2c(n1)CCN(Cc1ccc([N+](=O)[O-])s1)C2. The number of nitrogens with zero attached hydrogens (tertiary/aromatic N) is 4. The van der Waals surface area contributed by atoms with Crippen LogP contribution in [-0.4, -0.2) is 26.3 Å². The number of hydrogen-bond donors (Lipinski definition) is 0. The molecule has 2 aromatic heterocycles. The van der Waals surface area contributed by atoms with Crippen LogP contribution in [0.1, 0.15) is 22.0 Å². The van der Waals surface area contributed by atoms with E-state index in [4.69, 9.17) is 0 Å². The van der Waals surface area contributed by atoms with Crippen LogP contribution in [0.3, 0.4) is 0 Å². The number of nitro groups is 1. The van der Waals surface area contributed by atoms with Gasteiger partial charge >= 0.3 is 5.00 Å². The van der Waals surface area contributed by atoms with Gasteiger partial charge in [0.2, 0.25) is 0 Å². The molecular formula is C13H14N4O2S. The van der Waals surface area contributed by atoms with Crippen LogP contribution in [0.2, 0.25) is 0 Å². The number of hydrogen-bond acceptors (Lipinski definition) is 6. The van der Waals surface area contributed by atoms with Gasteiger partial charge in [-0.1, -0.05) is 11.3 Å². The second-order valence-corrected chi connectivity index (χ2v) is 5.99. The molecule has 7 heteroatoms. The Balaban J connectivity index is 1.70. The molecule has 2 aromatic rings. The summed E-state index contributed by atoms with van der Waals surface area (Å²) < 4.78 is 0. The molecule has 1 aliphatic heterocycles. The van der Waals surface area contributed by atoms with Gasteiger partial charge in [0.05, 0.1) is 4.92 Å². The third kappa shape index (κ3) is 2.68. The van der Waals surface area contributed by atoms with Crippen LogP contribution in [0.4, 0.5) is 5.00 Å². The van der Waals surface area contributed by atoms with E-state index in [1.807, 2.05) is 19.2 Å². The van der Waals surface area contributed by atoms with Crippen molar-refractivity contribution in [3.05, 3.63) is 50.4 Å². The lowest BCUT2D eigenvalue weighted by Gasteiger charge is -2.27. The minimum Gasteiger partial charge on any atom is -0.293 e. The zero-order valence-corrected chi connectivity index (χ0v) is 11.9. The van der Waals surface area contributed by atoms with Gasteiger partial charge in [-0.05, 0) is 13.0 Å². The van der Waals surface area contributed by atoms with E-state index in [-0.39, 0.29) is 9.92 Å². The molecule has 0 amide bonds. The molecule has 3 rings (SSSR count). The van der Waals surface area contributed by atoms with Crippen molar-refractivity contribution in [1.82, 2.24) is 14.9 Å².